The third-order valence-electron chi connectivity index (χ3n) is 6.51. The lowest BCUT2D eigenvalue weighted by Gasteiger charge is -2.27. The second kappa shape index (κ2) is 14.5. The fourth-order valence-electron chi connectivity index (χ4n) is 4.47. The highest BCUT2D eigenvalue weighted by Crippen LogP contribution is 2.21. The molecule has 1 heterocycles. The van der Waals surface area contributed by atoms with Crippen molar-refractivity contribution in [3.63, 3.8) is 0 Å². The number of halogens is 1. The van der Waals surface area contributed by atoms with Gasteiger partial charge in [0.1, 0.15) is 23.7 Å². The van der Waals surface area contributed by atoms with Gasteiger partial charge in [-0.15, -0.1) is 0 Å². The van der Waals surface area contributed by atoms with Crippen LogP contribution < -0.4 is 20.7 Å². The van der Waals surface area contributed by atoms with Crippen molar-refractivity contribution in [1.82, 2.24) is 20.9 Å². The smallest absolute Gasteiger partial charge is 0.242 e. The van der Waals surface area contributed by atoms with Gasteiger partial charge in [-0.05, 0) is 55.5 Å². The van der Waals surface area contributed by atoms with E-state index in [9.17, 15) is 18.8 Å². The standard InChI is InChI=1S/C29H39FN4O4/c1-4-8-24-29(37)34(3)19-27(35)33-25(17-21-12-14-23(30)15-13-21)28(36)31-16-7-10-22-9-5-6-11-26(22)38-20(2)18-32-24/h5-6,9,11-15,20,24-25,32H,4,7-8,10,16-19H2,1-3H3,(H,31,36)(H,33,35)/t20-,24+,25-/m1/s1. The van der Waals surface area contributed by atoms with Crippen LogP contribution in [0, 0.1) is 5.82 Å². The maximum atomic E-state index is 13.4. The Labute approximate surface area is 224 Å². The van der Waals surface area contributed by atoms with Gasteiger partial charge < -0.3 is 25.6 Å². The molecule has 2 aromatic carbocycles. The van der Waals surface area contributed by atoms with E-state index in [1.54, 1.807) is 19.2 Å². The molecule has 206 valence electrons. The Kier molecular flexibility index (Phi) is 11.1. The minimum absolute atomic E-state index is 0.178. The van der Waals surface area contributed by atoms with Crippen molar-refractivity contribution in [2.24, 2.45) is 0 Å². The van der Waals surface area contributed by atoms with E-state index in [0.717, 1.165) is 17.7 Å². The van der Waals surface area contributed by atoms with Gasteiger partial charge in [0, 0.05) is 26.6 Å². The number of fused-ring (bicyclic) bond motifs is 1. The summed E-state index contributed by atoms with van der Waals surface area (Å²) in [6.45, 7) is 4.65. The van der Waals surface area contributed by atoms with Crippen LogP contribution in [0.4, 0.5) is 4.39 Å². The number of likely N-dealkylation sites (N-methyl/N-ethyl adjacent to an activating group) is 1. The zero-order chi connectivity index (χ0) is 27.5. The van der Waals surface area contributed by atoms with Gasteiger partial charge in [0.2, 0.25) is 17.7 Å². The minimum atomic E-state index is -0.864. The molecular weight excluding hydrogens is 487 g/mol. The topological polar surface area (TPSA) is 99.8 Å². The number of nitrogens with zero attached hydrogens (tertiary/aromatic N) is 1. The number of hydrogen-bond donors (Lipinski definition) is 3. The highest BCUT2D eigenvalue weighted by Gasteiger charge is 2.26. The summed E-state index contributed by atoms with van der Waals surface area (Å²) in [4.78, 5) is 40.5. The van der Waals surface area contributed by atoms with Gasteiger partial charge in [0.15, 0.2) is 0 Å². The van der Waals surface area contributed by atoms with E-state index in [4.69, 9.17) is 4.74 Å². The van der Waals surface area contributed by atoms with Crippen LogP contribution in [0.3, 0.4) is 0 Å². The van der Waals surface area contributed by atoms with Crippen molar-refractivity contribution in [1.29, 1.82) is 0 Å². The number of hydrogen-bond acceptors (Lipinski definition) is 5. The second-order valence-electron chi connectivity index (χ2n) is 9.83. The van der Waals surface area contributed by atoms with E-state index in [1.807, 2.05) is 38.1 Å². The zero-order valence-corrected chi connectivity index (χ0v) is 22.5. The van der Waals surface area contributed by atoms with Crippen molar-refractivity contribution in [2.45, 2.75) is 64.1 Å². The van der Waals surface area contributed by atoms with Gasteiger partial charge in [-0.25, -0.2) is 4.39 Å². The number of ether oxygens (including phenoxy) is 1. The molecule has 2 aromatic rings. The Balaban J connectivity index is 1.81. The van der Waals surface area contributed by atoms with Crippen LogP contribution in [0.15, 0.2) is 48.5 Å². The van der Waals surface area contributed by atoms with Gasteiger partial charge >= 0.3 is 0 Å². The summed E-state index contributed by atoms with van der Waals surface area (Å²) in [5, 5.41) is 9.00. The van der Waals surface area contributed by atoms with Gasteiger partial charge in [-0.2, -0.15) is 0 Å². The number of carbonyl (C=O) groups excluding carboxylic acids is 3. The number of benzene rings is 2. The van der Waals surface area contributed by atoms with Gasteiger partial charge in [-0.3, -0.25) is 14.4 Å². The van der Waals surface area contributed by atoms with Crippen molar-refractivity contribution >= 4 is 17.7 Å². The van der Waals surface area contributed by atoms with Crippen LogP contribution in [-0.4, -0.2) is 67.5 Å². The molecular formula is C29H39FN4O4. The van der Waals surface area contributed by atoms with Gasteiger partial charge in [0.25, 0.3) is 0 Å². The molecule has 8 nitrogen and oxygen atoms in total. The van der Waals surface area contributed by atoms with Crippen molar-refractivity contribution in [3.05, 3.63) is 65.5 Å². The Morgan fingerprint density at radius 2 is 1.79 bits per heavy atom. The maximum absolute atomic E-state index is 13.4. The SMILES string of the molecule is CCC[C@@H]1NC[C@@H](C)Oc2ccccc2CCCNC(=O)[C@@H](Cc2ccc(F)cc2)NC(=O)CN(C)C1=O. The van der Waals surface area contributed by atoms with Crippen LogP contribution in [0.1, 0.15) is 44.2 Å². The average molecular weight is 527 g/mol. The summed E-state index contributed by atoms with van der Waals surface area (Å²) in [5.74, 6) is -0.561. The molecule has 1 aliphatic heterocycles. The fraction of sp³-hybridized carbons (Fsp3) is 0.483. The van der Waals surface area contributed by atoms with Crippen molar-refractivity contribution in [2.75, 3.05) is 26.7 Å². The Hall–Kier alpha value is -3.46. The first-order chi connectivity index (χ1) is 18.3. The number of para-hydroxylation sites is 1. The molecule has 0 bridgehead atoms. The molecule has 3 atom stereocenters. The van der Waals surface area contributed by atoms with E-state index in [2.05, 4.69) is 16.0 Å². The summed E-state index contributed by atoms with van der Waals surface area (Å²) in [6, 6.07) is 12.3. The van der Waals surface area contributed by atoms with E-state index >= 15 is 0 Å². The molecule has 0 aromatic heterocycles. The molecule has 9 heteroatoms. The van der Waals surface area contributed by atoms with Crippen molar-refractivity contribution in [3.8, 4) is 5.75 Å². The minimum Gasteiger partial charge on any atom is -0.489 e. The molecule has 0 fully saturated rings. The average Bonchev–Trinajstić information content (AvgIpc) is 2.89. The molecule has 38 heavy (non-hydrogen) atoms. The molecule has 3 rings (SSSR count). The normalized spacial score (nSPS) is 22.4. The predicted octanol–water partition coefficient (Wildman–Crippen LogP) is 2.60. The van der Waals surface area contributed by atoms with E-state index in [1.165, 1.54) is 17.0 Å². The highest BCUT2D eigenvalue weighted by molar-refractivity contribution is 5.91. The van der Waals surface area contributed by atoms with Gasteiger partial charge in [0.05, 0.1) is 12.6 Å². The molecule has 0 spiro atoms. The number of rotatable bonds is 4. The number of nitrogens with one attached hydrogen (secondary N) is 3. The number of aryl methyl sites for hydroxylation is 1. The Morgan fingerprint density at radius 1 is 1.05 bits per heavy atom. The zero-order valence-electron chi connectivity index (χ0n) is 22.5. The highest BCUT2D eigenvalue weighted by atomic mass is 19.1. The van der Waals surface area contributed by atoms with Crippen LogP contribution in [0.5, 0.6) is 5.75 Å². The number of amides is 3. The quantitative estimate of drug-likeness (QED) is 0.569. The molecule has 0 saturated heterocycles. The summed E-state index contributed by atoms with van der Waals surface area (Å²) < 4.78 is 19.6. The largest absolute Gasteiger partial charge is 0.489 e. The van der Waals surface area contributed by atoms with Gasteiger partial charge in [-0.1, -0.05) is 43.7 Å². The monoisotopic (exact) mass is 526 g/mol. The molecule has 0 saturated carbocycles. The van der Waals surface area contributed by atoms with Crippen LogP contribution in [0.25, 0.3) is 0 Å². The van der Waals surface area contributed by atoms with E-state index in [0.29, 0.717) is 37.9 Å². The van der Waals surface area contributed by atoms with Crippen LogP contribution in [-0.2, 0) is 27.2 Å². The number of carbonyl (C=O) groups is 3. The summed E-state index contributed by atoms with van der Waals surface area (Å²) in [7, 11) is 1.58. The molecule has 3 amide bonds. The third kappa shape index (κ3) is 8.83. The first kappa shape index (κ1) is 29.1. The third-order valence-corrected chi connectivity index (χ3v) is 6.51. The fourth-order valence-corrected chi connectivity index (χ4v) is 4.47. The maximum Gasteiger partial charge on any atom is 0.242 e. The summed E-state index contributed by atoms with van der Waals surface area (Å²) in [5.41, 5.74) is 1.75. The van der Waals surface area contributed by atoms with E-state index in [-0.39, 0.29) is 36.7 Å². The Bertz CT molecular complexity index is 1080. The van der Waals surface area contributed by atoms with Crippen LogP contribution in [0.2, 0.25) is 0 Å². The molecule has 3 N–H and O–H groups in total. The predicted molar refractivity (Wildman–Crippen MR) is 144 cm³/mol. The molecule has 1 aliphatic rings. The van der Waals surface area contributed by atoms with Crippen molar-refractivity contribution < 1.29 is 23.5 Å². The lowest BCUT2D eigenvalue weighted by Crippen LogP contribution is -2.53. The lowest BCUT2D eigenvalue weighted by atomic mass is 10.0. The van der Waals surface area contributed by atoms with Crippen LogP contribution >= 0.6 is 0 Å². The summed E-state index contributed by atoms with van der Waals surface area (Å²) in [6.07, 6.45) is 2.82. The molecule has 0 unspecified atom stereocenters. The Morgan fingerprint density at radius 3 is 2.53 bits per heavy atom. The first-order valence-electron chi connectivity index (χ1n) is 13.3. The first-order valence-corrected chi connectivity index (χ1v) is 13.3. The summed E-state index contributed by atoms with van der Waals surface area (Å²) >= 11 is 0. The lowest BCUT2D eigenvalue weighted by molar-refractivity contribution is -0.137. The second-order valence-corrected chi connectivity index (χ2v) is 9.83. The molecule has 0 radical (unpaired) electrons. The molecule has 0 aliphatic carbocycles. The van der Waals surface area contributed by atoms with E-state index < -0.39 is 18.0 Å².